The lowest BCUT2D eigenvalue weighted by molar-refractivity contribution is 0.326. The van der Waals surface area contributed by atoms with Crippen LogP contribution >= 0.6 is 0 Å². The number of pyridine rings is 1. The van der Waals surface area contributed by atoms with Crippen molar-refractivity contribution < 1.29 is 4.74 Å². The van der Waals surface area contributed by atoms with Crippen LogP contribution < -0.4 is 10.1 Å². The van der Waals surface area contributed by atoms with E-state index in [1.54, 1.807) is 6.20 Å². The molecular weight excluding hydrogens is 176 g/mol. The van der Waals surface area contributed by atoms with Crippen LogP contribution in [-0.2, 0) is 6.54 Å². The SMILES string of the molecule is CCCNCc1ccnc(OCC)c1. The number of nitrogens with zero attached hydrogens (tertiary/aromatic N) is 1. The third-order valence-electron chi connectivity index (χ3n) is 1.85. The van der Waals surface area contributed by atoms with Crippen LogP contribution in [0.25, 0.3) is 0 Å². The molecule has 0 fully saturated rings. The second kappa shape index (κ2) is 6.38. The van der Waals surface area contributed by atoms with Crippen LogP contribution in [0.3, 0.4) is 0 Å². The van der Waals surface area contributed by atoms with Crippen molar-refractivity contribution in [3.05, 3.63) is 23.9 Å². The second-order valence-electron chi connectivity index (χ2n) is 3.11. The maximum Gasteiger partial charge on any atom is 0.213 e. The normalized spacial score (nSPS) is 10.1. The van der Waals surface area contributed by atoms with E-state index in [1.807, 2.05) is 19.1 Å². The van der Waals surface area contributed by atoms with Gasteiger partial charge in [-0.1, -0.05) is 6.92 Å². The summed E-state index contributed by atoms with van der Waals surface area (Å²) in [6.45, 7) is 6.72. The van der Waals surface area contributed by atoms with Crippen molar-refractivity contribution >= 4 is 0 Å². The van der Waals surface area contributed by atoms with E-state index in [4.69, 9.17) is 4.74 Å². The van der Waals surface area contributed by atoms with E-state index in [0.717, 1.165) is 19.5 Å². The fraction of sp³-hybridized carbons (Fsp3) is 0.545. The average molecular weight is 194 g/mol. The lowest BCUT2D eigenvalue weighted by atomic mass is 10.2. The summed E-state index contributed by atoms with van der Waals surface area (Å²) in [5.74, 6) is 0.711. The molecule has 0 atom stereocenters. The molecule has 1 heterocycles. The molecule has 0 aliphatic carbocycles. The van der Waals surface area contributed by atoms with E-state index in [1.165, 1.54) is 5.56 Å². The predicted octanol–water partition coefficient (Wildman–Crippen LogP) is 1.98. The van der Waals surface area contributed by atoms with Crippen LogP contribution in [0, 0.1) is 0 Å². The van der Waals surface area contributed by atoms with Crippen LogP contribution in [0.4, 0.5) is 0 Å². The van der Waals surface area contributed by atoms with Gasteiger partial charge in [0.05, 0.1) is 6.61 Å². The maximum atomic E-state index is 5.31. The fourth-order valence-corrected chi connectivity index (χ4v) is 1.20. The van der Waals surface area contributed by atoms with E-state index in [9.17, 15) is 0 Å². The summed E-state index contributed by atoms with van der Waals surface area (Å²) >= 11 is 0. The van der Waals surface area contributed by atoms with Gasteiger partial charge >= 0.3 is 0 Å². The van der Waals surface area contributed by atoms with Crippen molar-refractivity contribution in [2.24, 2.45) is 0 Å². The van der Waals surface area contributed by atoms with Gasteiger partial charge in [-0.15, -0.1) is 0 Å². The lowest BCUT2D eigenvalue weighted by Gasteiger charge is -2.05. The monoisotopic (exact) mass is 194 g/mol. The van der Waals surface area contributed by atoms with Gasteiger partial charge in [0, 0.05) is 18.8 Å². The Kier molecular flexibility index (Phi) is 5.00. The number of rotatable bonds is 6. The molecule has 0 unspecified atom stereocenters. The Morgan fingerprint density at radius 1 is 1.43 bits per heavy atom. The Morgan fingerprint density at radius 2 is 2.29 bits per heavy atom. The molecule has 0 spiro atoms. The van der Waals surface area contributed by atoms with Gasteiger partial charge in [-0.25, -0.2) is 4.98 Å². The largest absolute Gasteiger partial charge is 0.478 e. The predicted molar refractivity (Wildman–Crippen MR) is 57.4 cm³/mol. The van der Waals surface area contributed by atoms with Gasteiger partial charge in [-0.05, 0) is 31.5 Å². The molecule has 0 aliphatic heterocycles. The van der Waals surface area contributed by atoms with Crippen molar-refractivity contribution in [3.8, 4) is 5.88 Å². The second-order valence-corrected chi connectivity index (χ2v) is 3.11. The van der Waals surface area contributed by atoms with Gasteiger partial charge in [0.15, 0.2) is 0 Å². The number of aromatic nitrogens is 1. The Labute approximate surface area is 85.5 Å². The first-order chi connectivity index (χ1) is 6.86. The van der Waals surface area contributed by atoms with E-state index >= 15 is 0 Å². The molecule has 3 heteroatoms. The number of nitrogens with one attached hydrogen (secondary N) is 1. The molecule has 1 rings (SSSR count). The van der Waals surface area contributed by atoms with Gasteiger partial charge in [0.25, 0.3) is 0 Å². The molecule has 78 valence electrons. The van der Waals surface area contributed by atoms with Gasteiger partial charge in [0.1, 0.15) is 0 Å². The summed E-state index contributed by atoms with van der Waals surface area (Å²) in [4.78, 5) is 4.11. The van der Waals surface area contributed by atoms with E-state index in [-0.39, 0.29) is 0 Å². The van der Waals surface area contributed by atoms with E-state index in [2.05, 4.69) is 17.2 Å². The molecule has 1 aromatic rings. The standard InChI is InChI=1S/C11H18N2O/c1-3-6-12-9-10-5-7-13-11(8-10)14-4-2/h5,7-8,12H,3-4,6,9H2,1-2H3. The molecule has 0 bridgehead atoms. The molecule has 0 saturated heterocycles. The molecule has 0 aliphatic rings. The van der Waals surface area contributed by atoms with Crippen LogP contribution in [0.2, 0.25) is 0 Å². The van der Waals surface area contributed by atoms with Crippen molar-refractivity contribution in [3.63, 3.8) is 0 Å². The highest BCUT2D eigenvalue weighted by atomic mass is 16.5. The summed E-state index contributed by atoms with van der Waals surface area (Å²) in [6.07, 6.45) is 2.94. The molecule has 1 N–H and O–H groups in total. The van der Waals surface area contributed by atoms with Gasteiger partial charge in [0.2, 0.25) is 5.88 Å². The van der Waals surface area contributed by atoms with Crippen molar-refractivity contribution in [1.29, 1.82) is 0 Å². The minimum absolute atomic E-state index is 0.666. The summed E-state index contributed by atoms with van der Waals surface area (Å²) < 4.78 is 5.31. The van der Waals surface area contributed by atoms with Crippen molar-refractivity contribution in [2.75, 3.05) is 13.2 Å². The first-order valence-corrected chi connectivity index (χ1v) is 5.15. The summed E-state index contributed by atoms with van der Waals surface area (Å²) in [7, 11) is 0. The van der Waals surface area contributed by atoms with Crippen LogP contribution in [-0.4, -0.2) is 18.1 Å². The minimum atomic E-state index is 0.666. The topological polar surface area (TPSA) is 34.2 Å². The molecule has 0 saturated carbocycles. The zero-order chi connectivity index (χ0) is 10.2. The summed E-state index contributed by atoms with van der Waals surface area (Å²) in [6, 6.07) is 3.98. The van der Waals surface area contributed by atoms with Crippen LogP contribution in [0.15, 0.2) is 18.3 Å². The zero-order valence-electron chi connectivity index (χ0n) is 8.92. The average Bonchev–Trinajstić information content (AvgIpc) is 2.19. The van der Waals surface area contributed by atoms with Gasteiger partial charge in [-0.3, -0.25) is 0 Å². The molecule has 3 nitrogen and oxygen atoms in total. The summed E-state index contributed by atoms with van der Waals surface area (Å²) in [5.41, 5.74) is 1.22. The van der Waals surface area contributed by atoms with Crippen molar-refractivity contribution in [1.82, 2.24) is 10.3 Å². The number of ether oxygens (including phenoxy) is 1. The quantitative estimate of drug-likeness (QED) is 0.703. The van der Waals surface area contributed by atoms with Crippen molar-refractivity contribution in [2.45, 2.75) is 26.8 Å². The molecule has 0 radical (unpaired) electrons. The van der Waals surface area contributed by atoms with Gasteiger partial charge < -0.3 is 10.1 Å². The fourth-order valence-electron chi connectivity index (χ4n) is 1.20. The summed E-state index contributed by atoms with van der Waals surface area (Å²) in [5, 5.41) is 3.34. The van der Waals surface area contributed by atoms with E-state index < -0.39 is 0 Å². The first kappa shape index (κ1) is 11.0. The molecule has 0 aromatic carbocycles. The number of hydrogen-bond acceptors (Lipinski definition) is 3. The molecular formula is C11H18N2O. The highest BCUT2D eigenvalue weighted by Gasteiger charge is 1.96. The smallest absolute Gasteiger partial charge is 0.213 e. The Balaban J connectivity index is 2.46. The zero-order valence-corrected chi connectivity index (χ0v) is 8.92. The minimum Gasteiger partial charge on any atom is -0.478 e. The Morgan fingerprint density at radius 3 is 3.00 bits per heavy atom. The molecule has 14 heavy (non-hydrogen) atoms. The molecule has 0 amide bonds. The maximum absolute atomic E-state index is 5.31. The first-order valence-electron chi connectivity index (χ1n) is 5.15. The van der Waals surface area contributed by atoms with Crippen LogP contribution in [0.5, 0.6) is 5.88 Å². The lowest BCUT2D eigenvalue weighted by Crippen LogP contribution is -2.13. The third-order valence-corrected chi connectivity index (χ3v) is 1.85. The number of hydrogen-bond donors (Lipinski definition) is 1. The Bertz CT molecular complexity index is 263. The molecule has 1 aromatic heterocycles. The van der Waals surface area contributed by atoms with E-state index in [0.29, 0.717) is 12.5 Å². The van der Waals surface area contributed by atoms with Crippen LogP contribution in [0.1, 0.15) is 25.8 Å². The third kappa shape index (κ3) is 3.75. The highest BCUT2D eigenvalue weighted by molar-refractivity contribution is 5.20. The Hall–Kier alpha value is -1.09. The highest BCUT2D eigenvalue weighted by Crippen LogP contribution is 2.08. The van der Waals surface area contributed by atoms with Gasteiger partial charge in [-0.2, -0.15) is 0 Å².